The molecular formula is C8H16N2O4. The maximum absolute atomic E-state index is 10.6. The van der Waals surface area contributed by atoms with E-state index in [0.29, 0.717) is 13.0 Å². The monoisotopic (exact) mass is 204 g/mol. The molecule has 0 aliphatic carbocycles. The average molecular weight is 204 g/mol. The van der Waals surface area contributed by atoms with Crippen LogP contribution in [-0.4, -0.2) is 52.7 Å². The third kappa shape index (κ3) is 7.51. The lowest BCUT2D eigenvalue weighted by molar-refractivity contribution is -0.138. The Labute approximate surface area is 82.3 Å². The molecule has 1 atom stereocenters. The Kier molecular flexibility index (Phi) is 5.82. The molecule has 0 aromatic heterocycles. The van der Waals surface area contributed by atoms with Gasteiger partial charge >= 0.3 is 5.97 Å². The summed E-state index contributed by atoms with van der Waals surface area (Å²) in [4.78, 5) is 22.3. The van der Waals surface area contributed by atoms with Crippen LogP contribution in [0.3, 0.4) is 0 Å². The van der Waals surface area contributed by atoms with Crippen molar-refractivity contribution in [2.75, 3.05) is 19.6 Å². The fraction of sp³-hybridized carbons (Fsp3) is 0.750. The number of rotatable bonds is 7. The second-order valence-corrected chi connectivity index (χ2v) is 3.21. The zero-order valence-electron chi connectivity index (χ0n) is 8.14. The largest absolute Gasteiger partial charge is 0.480 e. The van der Waals surface area contributed by atoms with Crippen molar-refractivity contribution < 1.29 is 19.8 Å². The summed E-state index contributed by atoms with van der Waals surface area (Å²) in [5.74, 6) is -1.59. The van der Waals surface area contributed by atoms with E-state index in [2.05, 4.69) is 0 Å². The first-order valence-corrected chi connectivity index (χ1v) is 4.32. The molecule has 0 saturated heterocycles. The van der Waals surface area contributed by atoms with E-state index in [1.807, 2.05) is 0 Å². The molecule has 0 bridgehead atoms. The quantitative estimate of drug-likeness (QED) is 0.474. The van der Waals surface area contributed by atoms with E-state index in [1.165, 1.54) is 4.90 Å². The molecule has 0 rings (SSSR count). The molecule has 0 heterocycles. The highest BCUT2D eigenvalue weighted by Crippen LogP contribution is 1.95. The van der Waals surface area contributed by atoms with Gasteiger partial charge in [-0.15, -0.1) is 0 Å². The Morgan fingerprint density at radius 2 is 2.00 bits per heavy atom. The SMILES string of the molecule is CC(O)CCN(CC(N)=O)CC(=O)O. The molecule has 1 amide bonds. The number of carboxylic acids is 1. The molecule has 0 aromatic carbocycles. The Morgan fingerprint density at radius 3 is 2.36 bits per heavy atom. The molecule has 0 aliphatic rings. The molecular weight excluding hydrogens is 188 g/mol. The fourth-order valence-electron chi connectivity index (χ4n) is 0.995. The summed E-state index contributed by atoms with van der Waals surface area (Å²) in [7, 11) is 0. The van der Waals surface area contributed by atoms with Crippen molar-refractivity contribution in [1.82, 2.24) is 4.90 Å². The van der Waals surface area contributed by atoms with Gasteiger partial charge in [0.05, 0.1) is 19.2 Å². The van der Waals surface area contributed by atoms with Crippen molar-refractivity contribution in [3.05, 3.63) is 0 Å². The average Bonchev–Trinajstić information content (AvgIpc) is 1.97. The zero-order valence-corrected chi connectivity index (χ0v) is 8.14. The van der Waals surface area contributed by atoms with E-state index in [0.717, 1.165) is 0 Å². The molecule has 1 unspecified atom stereocenters. The Balaban J connectivity index is 3.96. The number of hydrogen-bond acceptors (Lipinski definition) is 4. The summed E-state index contributed by atoms with van der Waals surface area (Å²) in [6.07, 6.45) is -0.0974. The van der Waals surface area contributed by atoms with Gasteiger partial charge in [0, 0.05) is 6.54 Å². The smallest absolute Gasteiger partial charge is 0.317 e. The van der Waals surface area contributed by atoms with Gasteiger partial charge in [-0.1, -0.05) is 0 Å². The first kappa shape index (κ1) is 12.9. The molecule has 0 saturated carbocycles. The van der Waals surface area contributed by atoms with E-state index >= 15 is 0 Å². The molecule has 0 spiro atoms. The van der Waals surface area contributed by atoms with Gasteiger partial charge in [0.25, 0.3) is 0 Å². The molecule has 6 heteroatoms. The van der Waals surface area contributed by atoms with E-state index in [1.54, 1.807) is 6.92 Å². The predicted octanol–water partition coefficient (Wildman–Crippen LogP) is -1.37. The highest BCUT2D eigenvalue weighted by Gasteiger charge is 2.12. The maximum Gasteiger partial charge on any atom is 0.317 e. The van der Waals surface area contributed by atoms with Gasteiger partial charge in [0.15, 0.2) is 0 Å². The number of aliphatic hydroxyl groups excluding tert-OH is 1. The fourth-order valence-corrected chi connectivity index (χ4v) is 0.995. The normalized spacial score (nSPS) is 12.8. The molecule has 14 heavy (non-hydrogen) atoms. The minimum absolute atomic E-state index is 0.0982. The maximum atomic E-state index is 10.6. The van der Waals surface area contributed by atoms with Gasteiger partial charge in [-0.05, 0) is 13.3 Å². The van der Waals surface area contributed by atoms with Crippen molar-refractivity contribution in [2.24, 2.45) is 5.73 Å². The zero-order chi connectivity index (χ0) is 11.1. The summed E-state index contributed by atoms with van der Waals surface area (Å²) in [6.45, 7) is 1.60. The Bertz CT molecular complexity index is 190. The van der Waals surface area contributed by atoms with Crippen LogP contribution in [-0.2, 0) is 9.59 Å². The summed E-state index contributed by atoms with van der Waals surface area (Å²) in [6, 6.07) is 0. The van der Waals surface area contributed by atoms with Crippen LogP contribution in [0.25, 0.3) is 0 Å². The Hall–Kier alpha value is -1.14. The summed E-state index contributed by atoms with van der Waals surface area (Å²) < 4.78 is 0. The third-order valence-electron chi connectivity index (χ3n) is 1.60. The first-order chi connectivity index (χ1) is 6.41. The first-order valence-electron chi connectivity index (χ1n) is 4.32. The van der Waals surface area contributed by atoms with E-state index < -0.39 is 18.0 Å². The van der Waals surface area contributed by atoms with Crippen molar-refractivity contribution in [3.63, 3.8) is 0 Å². The summed E-state index contributed by atoms with van der Waals surface area (Å²) in [5, 5.41) is 17.5. The molecule has 0 fully saturated rings. The van der Waals surface area contributed by atoms with E-state index in [9.17, 15) is 9.59 Å². The molecule has 0 radical (unpaired) electrons. The van der Waals surface area contributed by atoms with Crippen molar-refractivity contribution in [2.45, 2.75) is 19.4 Å². The molecule has 4 N–H and O–H groups in total. The number of nitrogens with zero attached hydrogens (tertiary/aromatic N) is 1. The van der Waals surface area contributed by atoms with Crippen LogP contribution in [0.1, 0.15) is 13.3 Å². The van der Waals surface area contributed by atoms with Crippen LogP contribution in [0, 0.1) is 0 Å². The van der Waals surface area contributed by atoms with Crippen molar-refractivity contribution in [1.29, 1.82) is 0 Å². The highest BCUT2D eigenvalue weighted by molar-refractivity contribution is 5.77. The van der Waals surface area contributed by atoms with Crippen molar-refractivity contribution in [3.8, 4) is 0 Å². The number of nitrogens with two attached hydrogens (primary N) is 1. The summed E-state index contributed by atoms with van der Waals surface area (Å²) >= 11 is 0. The minimum atomic E-state index is -1.02. The van der Waals surface area contributed by atoms with Crippen LogP contribution in [0.15, 0.2) is 0 Å². The lowest BCUT2D eigenvalue weighted by Gasteiger charge is -2.18. The Morgan fingerprint density at radius 1 is 1.43 bits per heavy atom. The summed E-state index contributed by atoms with van der Waals surface area (Å²) in [5.41, 5.74) is 4.94. The number of carbonyl (C=O) groups excluding carboxylic acids is 1. The lowest BCUT2D eigenvalue weighted by atomic mass is 10.2. The number of carboxylic acid groups (broad SMARTS) is 1. The van der Waals surface area contributed by atoms with Gasteiger partial charge in [-0.3, -0.25) is 14.5 Å². The third-order valence-corrected chi connectivity index (χ3v) is 1.60. The van der Waals surface area contributed by atoms with Gasteiger partial charge in [0.2, 0.25) is 5.91 Å². The topological polar surface area (TPSA) is 104 Å². The number of amides is 1. The van der Waals surface area contributed by atoms with Crippen LogP contribution >= 0.6 is 0 Å². The van der Waals surface area contributed by atoms with Gasteiger partial charge < -0.3 is 15.9 Å². The van der Waals surface area contributed by atoms with Gasteiger partial charge in [-0.2, -0.15) is 0 Å². The lowest BCUT2D eigenvalue weighted by Crippen LogP contribution is -2.38. The molecule has 82 valence electrons. The second kappa shape index (κ2) is 6.33. The van der Waals surface area contributed by atoms with Crippen molar-refractivity contribution >= 4 is 11.9 Å². The van der Waals surface area contributed by atoms with Gasteiger partial charge in [-0.25, -0.2) is 0 Å². The number of carbonyl (C=O) groups is 2. The number of aliphatic carboxylic acids is 1. The second-order valence-electron chi connectivity index (χ2n) is 3.21. The van der Waals surface area contributed by atoms with Crippen LogP contribution in [0.4, 0.5) is 0 Å². The number of hydrogen-bond donors (Lipinski definition) is 3. The van der Waals surface area contributed by atoms with Crippen LogP contribution in [0.2, 0.25) is 0 Å². The van der Waals surface area contributed by atoms with E-state index in [4.69, 9.17) is 15.9 Å². The van der Waals surface area contributed by atoms with Crippen LogP contribution in [0.5, 0.6) is 0 Å². The van der Waals surface area contributed by atoms with Crippen LogP contribution < -0.4 is 5.73 Å². The predicted molar refractivity (Wildman–Crippen MR) is 49.6 cm³/mol. The van der Waals surface area contributed by atoms with E-state index in [-0.39, 0.29) is 13.1 Å². The standard InChI is InChI=1S/C8H16N2O4/c1-6(11)2-3-10(4-7(9)12)5-8(13)14/h6,11H,2-5H2,1H3,(H2,9,12)(H,13,14). The molecule has 0 aromatic rings. The number of aliphatic hydroxyl groups is 1. The minimum Gasteiger partial charge on any atom is -0.480 e. The molecule has 6 nitrogen and oxygen atoms in total. The molecule has 0 aliphatic heterocycles. The van der Waals surface area contributed by atoms with Gasteiger partial charge in [0.1, 0.15) is 0 Å². The highest BCUT2D eigenvalue weighted by atomic mass is 16.4. The number of primary amides is 1.